The molecule has 0 bridgehead atoms. The quantitative estimate of drug-likeness (QED) is 0.499. The third-order valence-corrected chi connectivity index (χ3v) is 2.57. The number of pyridine rings is 1. The van der Waals surface area contributed by atoms with Gasteiger partial charge < -0.3 is 15.5 Å². The molecule has 4 N–H and O–H groups in total. The summed E-state index contributed by atoms with van der Waals surface area (Å²) in [7, 11) is 0. The Labute approximate surface area is 103 Å². The van der Waals surface area contributed by atoms with Gasteiger partial charge in [-0.3, -0.25) is 0 Å². The number of nitrogens with one attached hydrogen (secondary N) is 2. The van der Waals surface area contributed by atoms with Crippen LogP contribution in [-0.4, -0.2) is 24.2 Å². The van der Waals surface area contributed by atoms with Gasteiger partial charge >= 0.3 is 0 Å². The molecule has 0 aliphatic rings. The summed E-state index contributed by atoms with van der Waals surface area (Å²) in [6.45, 7) is 7.76. The van der Waals surface area contributed by atoms with Crippen molar-refractivity contribution in [1.82, 2.24) is 4.98 Å². The summed E-state index contributed by atoms with van der Waals surface area (Å²) < 4.78 is 5.47. The second-order valence-corrected chi connectivity index (χ2v) is 4.23. The molecule has 0 saturated carbocycles. The molecule has 17 heavy (non-hydrogen) atoms. The molecule has 0 aliphatic carbocycles. The van der Waals surface area contributed by atoms with Gasteiger partial charge in [-0.05, 0) is 18.9 Å². The standard InChI is InChI=1S/C12H22N4O/c1-4-17-8-11(9(2)3)15-10-5-6-14-12(7-10)16-13/h5-7,9,11H,4,8,13H2,1-3H3,(H2,14,15,16). The second kappa shape index (κ2) is 7.09. The summed E-state index contributed by atoms with van der Waals surface area (Å²) in [6.07, 6.45) is 1.72. The molecule has 1 atom stereocenters. The average molecular weight is 238 g/mol. The predicted molar refractivity (Wildman–Crippen MR) is 70.8 cm³/mol. The molecule has 1 aromatic heterocycles. The zero-order valence-corrected chi connectivity index (χ0v) is 10.7. The van der Waals surface area contributed by atoms with Crippen LogP contribution in [-0.2, 0) is 4.74 Å². The van der Waals surface area contributed by atoms with Gasteiger partial charge in [-0.1, -0.05) is 13.8 Å². The zero-order chi connectivity index (χ0) is 12.7. The Morgan fingerprint density at radius 2 is 2.24 bits per heavy atom. The van der Waals surface area contributed by atoms with Crippen LogP contribution >= 0.6 is 0 Å². The van der Waals surface area contributed by atoms with Crippen molar-refractivity contribution in [1.29, 1.82) is 0 Å². The van der Waals surface area contributed by atoms with Gasteiger partial charge in [0.1, 0.15) is 5.82 Å². The molecule has 0 fully saturated rings. The minimum absolute atomic E-state index is 0.281. The number of ether oxygens (including phenoxy) is 1. The number of nitrogens with zero attached hydrogens (tertiary/aromatic N) is 1. The van der Waals surface area contributed by atoms with Crippen molar-refractivity contribution in [3.63, 3.8) is 0 Å². The maximum Gasteiger partial charge on any atom is 0.141 e. The SMILES string of the molecule is CCOCC(Nc1ccnc(NN)c1)C(C)C. The fourth-order valence-corrected chi connectivity index (χ4v) is 1.46. The van der Waals surface area contributed by atoms with E-state index in [0.717, 1.165) is 12.3 Å². The van der Waals surface area contributed by atoms with Crippen LogP contribution in [0.25, 0.3) is 0 Å². The molecular weight excluding hydrogens is 216 g/mol. The van der Waals surface area contributed by atoms with Crippen LogP contribution in [0.1, 0.15) is 20.8 Å². The molecule has 1 unspecified atom stereocenters. The van der Waals surface area contributed by atoms with E-state index in [1.165, 1.54) is 0 Å². The summed E-state index contributed by atoms with van der Waals surface area (Å²) in [4.78, 5) is 4.06. The maximum atomic E-state index is 5.47. The van der Waals surface area contributed by atoms with Crippen molar-refractivity contribution in [3.8, 4) is 0 Å². The normalized spacial score (nSPS) is 12.5. The smallest absolute Gasteiger partial charge is 0.141 e. The van der Waals surface area contributed by atoms with Crippen LogP contribution in [0.15, 0.2) is 18.3 Å². The molecule has 1 aromatic rings. The Morgan fingerprint density at radius 1 is 1.47 bits per heavy atom. The lowest BCUT2D eigenvalue weighted by atomic mass is 10.1. The summed E-state index contributed by atoms with van der Waals surface area (Å²) in [5.74, 6) is 6.46. The molecule has 0 aliphatic heterocycles. The fraction of sp³-hybridized carbons (Fsp3) is 0.583. The van der Waals surface area contributed by atoms with E-state index in [1.807, 2.05) is 19.1 Å². The van der Waals surface area contributed by atoms with E-state index >= 15 is 0 Å². The predicted octanol–water partition coefficient (Wildman–Crippen LogP) is 1.84. The van der Waals surface area contributed by atoms with Crippen molar-refractivity contribution < 1.29 is 4.74 Å². The molecule has 1 heterocycles. The van der Waals surface area contributed by atoms with Gasteiger partial charge in [0.25, 0.3) is 0 Å². The summed E-state index contributed by atoms with van der Waals surface area (Å²) in [6, 6.07) is 4.08. The molecule has 0 saturated heterocycles. The number of hydrazine groups is 1. The first kappa shape index (κ1) is 13.7. The van der Waals surface area contributed by atoms with Crippen LogP contribution in [0.3, 0.4) is 0 Å². The van der Waals surface area contributed by atoms with E-state index < -0.39 is 0 Å². The Kier molecular flexibility index (Phi) is 5.72. The lowest BCUT2D eigenvalue weighted by Gasteiger charge is -2.23. The van der Waals surface area contributed by atoms with Gasteiger partial charge in [0.2, 0.25) is 0 Å². The molecule has 96 valence electrons. The highest BCUT2D eigenvalue weighted by molar-refractivity contribution is 5.51. The van der Waals surface area contributed by atoms with Crippen molar-refractivity contribution in [2.75, 3.05) is 24.0 Å². The van der Waals surface area contributed by atoms with Gasteiger partial charge in [-0.2, -0.15) is 0 Å². The first-order chi connectivity index (χ1) is 8.17. The lowest BCUT2D eigenvalue weighted by molar-refractivity contribution is 0.127. The van der Waals surface area contributed by atoms with Gasteiger partial charge in [0.15, 0.2) is 0 Å². The fourth-order valence-electron chi connectivity index (χ4n) is 1.46. The molecule has 5 heteroatoms. The third kappa shape index (κ3) is 4.58. The van der Waals surface area contributed by atoms with Crippen molar-refractivity contribution in [2.24, 2.45) is 11.8 Å². The minimum Gasteiger partial charge on any atom is -0.380 e. The molecule has 0 spiro atoms. The van der Waals surface area contributed by atoms with Crippen LogP contribution in [0, 0.1) is 5.92 Å². The van der Waals surface area contributed by atoms with E-state index in [0.29, 0.717) is 18.3 Å². The van der Waals surface area contributed by atoms with E-state index in [9.17, 15) is 0 Å². The summed E-state index contributed by atoms with van der Waals surface area (Å²) >= 11 is 0. The highest BCUT2D eigenvalue weighted by Crippen LogP contribution is 2.15. The van der Waals surface area contributed by atoms with Crippen molar-refractivity contribution in [3.05, 3.63) is 18.3 Å². The van der Waals surface area contributed by atoms with Gasteiger partial charge in [0, 0.05) is 24.6 Å². The zero-order valence-electron chi connectivity index (χ0n) is 10.7. The van der Waals surface area contributed by atoms with Gasteiger partial charge in [0.05, 0.1) is 12.6 Å². The molecule has 0 amide bonds. The van der Waals surface area contributed by atoms with Crippen LogP contribution in [0.4, 0.5) is 11.5 Å². The number of hydrogen-bond donors (Lipinski definition) is 3. The monoisotopic (exact) mass is 238 g/mol. The van der Waals surface area contributed by atoms with Crippen molar-refractivity contribution >= 4 is 11.5 Å². The highest BCUT2D eigenvalue weighted by Gasteiger charge is 2.13. The van der Waals surface area contributed by atoms with Crippen LogP contribution in [0.5, 0.6) is 0 Å². The third-order valence-electron chi connectivity index (χ3n) is 2.57. The van der Waals surface area contributed by atoms with E-state index in [-0.39, 0.29) is 6.04 Å². The van der Waals surface area contributed by atoms with E-state index in [1.54, 1.807) is 6.20 Å². The number of anilines is 2. The second-order valence-electron chi connectivity index (χ2n) is 4.23. The molecular formula is C12H22N4O. The average Bonchev–Trinajstić information content (AvgIpc) is 2.34. The van der Waals surface area contributed by atoms with Crippen LogP contribution < -0.4 is 16.6 Å². The Morgan fingerprint density at radius 3 is 2.82 bits per heavy atom. The number of nitrogen functional groups attached to an aromatic ring is 1. The Hall–Kier alpha value is -1.33. The molecule has 5 nitrogen and oxygen atoms in total. The number of rotatable bonds is 7. The summed E-state index contributed by atoms with van der Waals surface area (Å²) in [5.41, 5.74) is 3.52. The Balaban J connectivity index is 2.64. The first-order valence-corrected chi connectivity index (χ1v) is 5.94. The maximum absolute atomic E-state index is 5.47. The lowest BCUT2D eigenvalue weighted by Crippen LogP contribution is -2.31. The van der Waals surface area contributed by atoms with Gasteiger partial charge in [-0.25, -0.2) is 10.8 Å². The summed E-state index contributed by atoms with van der Waals surface area (Å²) in [5, 5.41) is 3.43. The molecule has 1 rings (SSSR count). The highest BCUT2D eigenvalue weighted by atomic mass is 16.5. The molecule has 0 aromatic carbocycles. The number of aromatic nitrogens is 1. The number of hydrogen-bond acceptors (Lipinski definition) is 5. The van der Waals surface area contributed by atoms with Crippen molar-refractivity contribution in [2.45, 2.75) is 26.8 Å². The largest absolute Gasteiger partial charge is 0.380 e. The number of nitrogens with two attached hydrogens (primary N) is 1. The minimum atomic E-state index is 0.281. The Bertz CT molecular complexity index is 330. The topological polar surface area (TPSA) is 72.2 Å². The molecule has 0 radical (unpaired) electrons. The van der Waals surface area contributed by atoms with Gasteiger partial charge in [-0.15, -0.1) is 0 Å². The van der Waals surface area contributed by atoms with E-state index in [2.05, 4.69) is 29.6 Å². The van der Waals surface area contributed by atoms with Crippen LogP contribution in [0.2, 0.25) is 0 Å². The van der Waals surface area contributed by atoms with E-state index in [4.69, 9.17) is 10.6 Å². The first-order valence-electron chi connectivity index (χ1n) is 5.94.